The van der Waals surface area contributed by atoms with Crippen molar-refractivity contribution in [3.8, 4) is 0 Å². The maximum atomic E-state index is 2.60. The molecule has 3 aliphatic carbocycles. The predicted octanol–water partition coefficient (Wildman–Crippen LogP) is 9.18. The molecule has 1 atom stereocenters. The van der Waals surface area contributed by atoms with Crippen molar-refractivity contribution in [3.63, 3.8) is 0 Å². The van der Waals surface area contributed by atoms with Crippen LogP contribution >= 0.6 is 0 Å². The van der Waals surface area contributed by atoms with Gasteiger partial charge >= 0.3 is 0 Å². The molecule has 0 radical (unpaired) electrons. The van der Waals surface area contributed by atoms with Gasteiger partial charge in [-0.15, -0.1) is 0 Å². The van der Waals surface area contributed by atoms with E-state index in [0.29, 0.717) is 5.41 Å². The van der Waals surface area contributed by atoms with Gasteiger partial charge in [-0.1, -0.05) is 92.1 Å². The van der Waals surface area contributed by atoms with Gasteiger partial charge < -0.3 is 0 Å². The molecule has 3 saturated carbocycles. The Morgan fingerprint density at radius 3 is 1.79 bits per heavy atom. The Labute approximate surface area is 182 Å². The van der Waals surface area contributed by atoms with E-state index in [2.05, 4.69) is 85.7 Å². The van der Waals surface area contributed by atoms with E-state index in [9.17, 15) is 0 Å². The number of hydrogen-bond acceptors (Lipinski definition) is 0. The van der Waals surface area contributed by atoms with E-state index >= 15 is 0 Å². The summed E-state index contributed by atoms with van der Waals surface area (Å²) in [6.45, 7) is 20.1. The molecular weight excluding hydrogens is 348 g/mol. The second kappa shape index (κ2) is 7.72. The van der Waals surface area contributed by atoms with Crippen molar-refractivity contribution < 1.29 is 0 Å². The van der Waals surface area contributed by atoms with Crippen LogP contribution in [0.4, 0.5) is 0 Å². The molecule has 0 N–H and O–H groups in total. The van der Waals surface area contributed by atoms with Crippen LogP contribution < -0.4 is 0 Å². The Morgan fingerprint density at radius 2 is 1.31 bits per heavy atom. The normalized spacial score (nSPS) is 27.7. The van der Waals surface area contributed by atoms with Crippen LogP contribution in [0.1, 0.15) is 119 Å². The maximum absolute atomic E-state index is 2.60. The highest BCUT2D eigenvalue weighted by molar-refractivity contribution is 5.28. The second-order valence-corrected chi connectivity index (χ2v) is 13.0. The number of rotatable bonds is 7. The lowest BCUT2D eigenvalue weighted by Crippen LogP contribution is -2.54. The van der Waals surface area contributed by atoms with Crippen LogP contribution in [0, 0.1) is 27.6 Å². The van der Waals surface area contributed by atoms with Gasteiger partial charge in [0.15, 0.2) is 0 Å². The van der Waals surface area contributed by atoms with Crippen molar-refractivity contribution in [2.24, 2.45) is 27.6 Å². The van der Waals surface area contributed by atoms with E-state index < -0.39 is 0 Å². The molecule has 164 valence electrons. The first kappa shape index (κ1) is 22.9. The largest absolute Gasteiger partial charge is 0.0622 e. The van der Waals surface area contributed by atoms with E-state index in [1.54, 1.807) is 0 Å². The third-order valence-corrected chi connectivity index (χ3v) is 10.7. The fourth-order valence-corrected chi connectivity index (χ4v) is 7.06. The van der Waals surface area contributed by atoms with E-state index in [1.165, 1.54) is 63.4 Å². The van der Waals surface area contributed by atoms with Crippen molar-refractivity contribution in [2.75, 3.05) is 0 Å². The summed E-state index contributed by atoms with van der Waals surface area (Å²) in [5.74, 6) is 1.07. The zero-order valence-electron chi connectivity index (χ0n) is 20.8. The average molecular weight is 397 g/mol. The topological polar surface area (TPSA) is 0 Å². The van der Waals surface area contributed by atoms with Gasteiger partial charge in [-0.3, -0.25) is 0 Å². The van der Waals surface area contributed by atoms with Gasteiger partial charge in [-0.05, 0) is 89.9 Å². The molecule has 1 unspecified atom stereocenters. The molecule has 0 spiro atoms. The highest BCUT2D eigenvalue weighted by Gasteiger charge is 2.55. The molecule has 29 heavy (non-hydrogen) atoms. The van der Waals surface area contributed by atoms with E-state index in [0.717, 1.165) is 5.92 Å². The summed E-state index contributed by atoms with van der Waals surface area (Å²) in [6, 6.07) is 11.2. The molecule has 0 heteroatoms. The van der Waals surface area contributed by atoms with Crippen molar-refractivity contribution in [1.82, 2.24) is 0 Å². The fourth-order valence-electron chi connectivity index (χ4n) is 7.06. The summed E-state index contributed by atoms with van der Waals surface area (Å²) in [4.78, 5) is 0. The minimum atomic E-state index is 0.122. The summed E-state index contributed by atoms with van der Waals surface area (Å²) in [6.07, 6.45) is 13.3. The van der Waals surface area contributed by atoms with Gasteiger partial charge in [0.2, 0.25) is 0 Å². The van der Waals surface area contributed by atoms with Crippen LogP contribution in [0.25, 0.3) is 0 Å². The molecule has 0 aliphatic heterocycles. The molecule has 0 amide bonds. The Kier molecular flexibility index (Phi) is 6.10. The molecule has 3 fully saturated rings. The summed E-state index contributed by atoms with van der Waals surface area (Å²) in [7, 11) is 0. The molecule has 0 heterocycles. The molecule has 4 rings (SSSR count). The first-order valence-corrected chi connectivity index (χ1v) is 12.4. The monoisotopic (exact) mass is 396 g/mol. The molecule has 3 aliphatic rings. The first-order chi connectivity index (χ1) is 13.3. The number of fused-ring (bicyclic) bond motifs is 3. The summed E-state index contributed by atoms with van der Waals surface area (Å²) < 4.78 is 0. The third kappa shape index (κ3) is 3.95. The lowest BCUT2D eigenvalue weighted by atomic mass is 9.44. The van der Waals surface area contributed by atoms with Gasteiger partial charge in [-0.2, -0.15) is 0 Å². The highest BCUT2D eigenvalue weighted by Crippen LogP contribution is 2.62. The Hall–Kier alpha value is -0.780. The molecule has 1 aromatic rings. The third-order valence-electron chi connectivity index (χ3n) is 10.7. The smallest absolute Gasteiger partial charge is 0.00470 e. The Morgan fingerprint density at radius 1 is 0.793 bits per heavy atom. The van der Waals surface area contributed by atoms with Gasteiger partial charge in [-0.25, -0.2) is 0 Å². The molecular formula is C29H48. The molecule has 2 bridgehead atoms. The van der Waals surface area contributed by atoms with E-state index in [1.807, 2.05) is 0 Å². The zero-order valence-corrected chi connectivity index (χ0v) is 20.8. The van der Waals surface area contributed by atoms with Crippen LogP contribution in [-0.2, 0) is 5.41 Å². The molecule has 1 aromatic carbocycles. The van der Waals surface area contributed by atoms with Gasteiger partial charge in [0.1, 0.15) is 0 Å². The predicted molar refractivity (Wildman–Crippen MR) is 128 cm³/mol. The Balaban J connectivity index is 1.82. The summed E-state index contributed by atoms with van der Waals surface area (Å²) >= 11 is 0. The van der Waals surface area contributed by atoms with Crippen molar-refractivity contribution in [2.45, 2.75) is 119 Å². The zero-order chi connectivity index (χ0) is 21.6. The van der Waals surface area contributed by atoms with Crippen LogP contribution in [0.5, 0.6) is 0 Å². The number of benzene rings is 1. The minimum absolute atomic E-state index is 0.122. The van der Waals surface area contributed by atoms with Gasteiger partial charge in [0.05, 0.1) is 0 Å². The lowest BCUT2D eigenvalue weighted by molar-refractivity contribution is -0.0807. The van der Waals surface area contributed by atoms with Crippen LogP contribution in [0.3, 0.4) is 0 Å². The maximum Gasteiger partial charge on any atom is -0.00470 e. The van der Waals surface area contributed by atoms with Crippen molar-refractivity contribution in [3.05, 3.63) is 35.9 Å². The Bertz CT molecular complexity index is 650. The summed E-state index contributed by atoms with van der Waals surface area (Å²) in [5.41, 5.74) is 3.02. The van der Waals surface area contributed by atoms with Gasteiger partial charge in [0.25, 0.3) is 0 Å². The lowest BCUT2D eigenvalue weighted by Gasteiger charge is -2.60. The second-order valence-electron chi connectivity index (χ2n) is 13.0. The quantitative estimate of drug-likeness (QED) is 0.431. The van der Waals surface area contributed by atoms with Crippen molar-refractivity contribution in [1.29, 1.82) is 0 Å². The van der Waals surface area contributed by atoms with E-state index in [4.69, 9.17) is 0 Å². The molecule has 0 saturated heterocycles. The SMILES string of the molecule is CC(C)(C)C(C)(CCCC12CCC(CC1)CC2)C(C)(C)C(C)(C)c1ccccc1. The van der Waals surface area contributed by atoms with Crippen LogP contribution in [0.15, 0.2) is 30.3 Å². The molecule has 0 nitrogen and oxygen atoms in total. The standard InChI is InChI=1S/C29H48/c1-25(2,3)28(8,18-12-19-29-20-15-23(16-21-29)17-22-29)27(6,7)26(4,5)24-13-10-9-11-14-24/h9-11,13-14,23H,12,15-22H2,1-8H3. The first-order valence-electron chi connectivity index (χ1n) is 12.4. The van der Waals surface area contributed by atoms with Crippen LogP contribution in [0.2, 0.25) is 0 Å². The molecule has 0 aromatic heterocycles. The highest BCUT2D eigenvalue weighted by atomic mass is 14.6. The number of hydrogen-bond donors (Lipinski definition) is 0. The summed E-state index contributed by atoms with van der Waals surface area (Å²) in [5, 5.41) is 0. The minimum Gasteiger partial charge on any atom is -0.0622 e. The van der Waals surface area contributed by atoms with Gasteiger partial charge in [0, 0.05) is 0 Å². The van der Waals surface area contributed by atoms with Crippen molar-refractivity contribution >= 4 is 0 Å². The average Bonchev–Trinajstić information content (AvgIpc) is 2.68. The fraction of sp³-hybridized carbons (Fsp3) is 0.793. The van der Waals surface area contributed by atoms with Crippen LogP contribution in [-0.4, -0.2) is 0 Å². The van der Waals surface area contributed by atoms with E-state index in [-0.39, 0.29) is 21.7 Å².